The molecule has 0 saturated heterocycles. The lowest BCUT2D eigenvalue weighted by molar-refractivity contribution is -0.137. The SMILES string of the molecule is CC(NC(=O)c1ccc(=O)n(-c2cccc(-c3cnnn3C)c2)n1)c1cc(N)cc(C(F)(F)F)c1. The zero-order valence-corrected chi connectivity index (χ0v) is 18.6. The Bertz CT molecular complexity index is 1460. The monoisotopic (exact) mass is 483 g/mol. The lowest BCUT2D eigenvalue weighted by atomic mass is 10.0. The third-order valence-corrected chi connectivity index (χ3v) is 5.29. The summed E-state index contributed by atoms with van der Waals surface area (Å²) in [5.41, 5.74) is 6.09. The van der Waals surface area contributed by atoms with Gasteiger partial charge in [0.15, 0.2) is 0 Å². The number of hydrogen-bond donors (Lipinski definition) is 2. The van der Waals surface area contributed by atoms with Crippen molar-refractivity contribution in [2.75, 3.05) is 5.73 Å². The molecule has 0 spiro atoms. The molecule has 1 atom stereocenters. The van der Waals surface area contributed by atoms with Crippen molar-refractivity contribution in [1.29, 1.82) is 0 Å². The van der Waals surface area contributed by atoms with Crippen LogP contribution in [0.2, 0.25) is 0 Å². The highest BCUT2D eigenvalue weighted by Gasteiger charge is 2.31. The van der Waals surface area contributed by atoms with Gasteiger partial charge in [-0.05, 0) is 48.9 Å². The second kappa shape index (κ2) is 9.05. The van der Waals surface area contributed by atoms with Gasteiger partial charge in [-0.25, -0.2) is 4.68 Å². The van der Waals surface area contributed by atoms with Gasteiger partial charge in [0.1, 0.15) is 5.69 Å². The lowest BCUT2D eigenvalue weighted by Gasteiger charge is -2.17. The highest BCUT2D eigenvalue weighted by Crippen LogP contribution is 2.32. The first kappa shape index (κ1) is 23.7. The molecule has 35 heavy (non-hydrogen) atoms. The minimum Gasteiger partial charge on any atom is -0.399 e. The van der Waals surface area contributed by atoms with E-state index in [1.54, 1.807) is 36.1 Å². The van der Waals surface area contributed by atoms with Crippen molar-refractivity contribution in [2.24, 2.45) is 7.05 Å². The van der Waals surface area contributed by atoms with Gasteiger partial charge in [-0.1, -0.05) is 17.3 Å². The number of hydrogen-bond acceptors (Lipinski definition) is 6. The second-order valence-electron chi connectivity index (χ2n) is 7.84. The predicted molar refractivity (Wildman–Crippen MR) is 122 cm³/mol. The minimum absolute atomic E-state index is 0.0777. The normalized spacial score (nSPS) is 12.4. The maximum Gasteiger partial charge on any atom is 0.416 e. The zero-order chi connectivity index (χ0) is 25.3. The van der Waals surface area contributed by atoms with Gasteiger partial charge in [0.25, 0.3) is 11.5 Å². The molecule has 3 N–H and O–H groups in total. The van der Waals surface area contributed by atoms with Crippen molar-refractivity contribution in [3.05, 3.63) is 88.0 Å². The van der Waals surface area contributed by atoms with E-state index < -0.39 is 29.2 Å². The van der Waals surface area contributed by atoms with Crippen LogP contribution >= 0.6 is 0 Å². The number of rotatable bonds is 5. The molecule has 2 aromatic heterocycles. The molecule has 0 aliphatic heterocycles. The fourth-order valence-electron chi connectivity index (χ4n) is 3.51. The van der Waals surface area contributed by atoms with Crippen molar-refractivity contribution in [2.45, 2.75) is 19.1 Å². The summed E-state index contributed by atoms with van der Waals surface area (Å²) < 4.78 is 42.0. The Morgan fingerprint density at radius 3 is 2.57 bits per heavy atom. The third-order valence-electron chi connectivity index (χ3n) is 5.29. The first-order valence-corrected chi connectivity index (χ1v) is 10.4. The van der Waals surface area contributed by atoms with Crippen molar-refractivity contribution >= 4 is 11.6 Å². The third kappa shape index (κ3) is 5.05. The molecule has 0 bridgehead atoms. The summed E-state index contributed by atoms with van der Waals surface area (Å²) in [7, 11) is 1.73. The summed E-state index contributed by atoms with van der Waals surface area (Å²) in [5, 5.41) is 14.5. The van der Waals surface area contributed by atoms with E-state index in [2.05, 4.69) is 20.7 Å². The first-order chi connectivity index (χ1) is 16.5. The van der Waals surface area contributed by atoms with Gasteiger partial charge in [0, 0.05) is 24.4 Å². The van der Waals surface area contributed by atoms with Crippen LogP contribution in [0.5, 0.6) is 0 Å². The molecule has 0 radical (unpaired) electrons. The molecule has 0 aliphatic rings. The Labute approximate surface area is 197 Å². The number of nitrogens with zero attached hydrogens (tertiary/aromatic N) is 5. The number of halogens is 3. The summed E-state index contributed by atoms with van der Waals surface area (Å²) in [5.74, 6) is -0.672. The number of aryl methyl sites for hydroxylation is 1. The van der Waals surface area contributed by atoms with Gasteiger partial charge in [0.2, 0.25) is 0 Å². The smallest absolute Gasteiger partial charge is 0.399 e. The number of benzene rings is 2. The van der Waals surface area contributed by atoms with E-state index in [1.807, 2.05) is 6.07 Å². The molecular formula is C23H20F3N7O2. The first-order valence-electron chi connectivity index (χ1n) is 10.4. The maximum atomic E-state index is 13.1. The summed E-state index contributed by atoms with van der Waals surface area (Å²) >= 11 is 0. The summed E-state index contributed by atoms with van der Waals surface area (Å²) in [6, 6.07) is 11.6. The van der Waals surface area contributed by atoms with Crippen LogP contribution in [0.1, 0.15) is 34.6 Å². The van der Waals surface area contributed by atoms with Crippen molar-refractivity contribution in [3.63, 3.8) is 0 Å². The number of anilines is 1. The van der Waals surface area contributed by atoms with Crippen LogP contribution < -0.4 is 16.6 Å². The minimum atomic E-state index is -4.58. The van der Waals surface area contributed by atoms with Crippen LogP contribution in [-0.4, -0.2) is 30.7 Å². The molecule has 2 aromatic carbocycles. The number of nitrogen functional groups attached to an aromatic ring is 1. The van der Waals surface area contributed by atoms with Gasteiger partial charge < -0.3 is 11.1 Å². The molecule has 4 aromatic rings. The number of nitrogens with one attached hydrogen (secondary N) is 1. The fraction of sp³-hybridized carbons (Fsp3) is 0.174. The Morgan fingerprint density at radius 2 is 1.89 bits per heavy atom. The molecule has 12 heteroatoms. The van der Waals surface area contributed by atoms with Crippen LogP contribution in [0.15, 0.2) is 65.6 Å². The van der Waals surface area contributed by atoms with Gasteiger partial charge in [-0.15, -0.1) is 5.10 Å². The largest absolute Gasteiger partial charge is 0.416 e. The predicted octanol–water partition coefficient (Wildman–Crippen LogP) is 3.12. The topological polar surface area (TPSA) is 121 Å². The van der Waals surface area contributed by atoms with E-state index in [4.69, 9.17) is 5.73 Å². The van der Waals surface area contributed by atoms with Crippen molar-refractivity contribution < 1.29 is 18.0 Å². The summed E-state index contributed by atoms with van der Waals surface area (Å²) in [6.45, 7) is 1.52. The molecular weight excluding hydrogens is 463 g/mol. The number of carbonyl (C=O) groups excluding carboxylic acids is 1. The van der Waals surface area contributed by atoms with Gasteiger partial charge >= 0.3 is 6.18 Å². The number of carbonyl (C=O) groups is 1. The van der Waals surface area contributed by atoms with Crippen LogP contribution in [0, 0.1) is 0 Å². The Balaban J connectivity index is 1.61. The van der Waals surface area contributed by atoms with Crippen LogP contribution in [0.4, 0.5) is 18.9 Å². The van der Waals surface area contributed by atoms with Crippen molar-refractivity contribution in [1.82, 2.24) is 30.1 Å². The Morgan fingerprint density at radius 1 is 1.11 bits per heavy atom. The fourth-order valence-corrected chi connectivity index (χ4v) is 3.51. The van der Waals surface area contributed by atoms with Crippen LogP contribution in [-0.2, 0) is 13.2 Å². The number of amides is 1. The molecule has 180 valence electrons. The molecule has 0 aliphatic carbocycles. The quantitative estimate of drug-likeness (QED) is 0.421. The molecule has 2 heterocycles. The summed E-state index contributed by atoms with van der Waals surface area (Å²) in [4.78, 5) is 25.3. The Kier molecular flexibility index (Phi) is 6.12. The zero-order valence-electron chi connectivity index (χ0n) is 18.6. The molecule has 9 nitrogen and oxygen atoms in total. The van der Waals surface area contributed by atoms with E-state index in [-0.39, 0.29) is 16.9 Å². The van der Waals surface area contributed by atoms with E-state index in [0.717, 1.165) is 22.4 Å². The molecule has 1 unspecified atom stereocenters. The van der Waals surface area contributed by atoms with Crippen LogP contribution in [0.3, 0.4) is 0 Å². The molecule has 1 amide bonds. The Hall–Kier alpha value is -4.48. The van der Waals surface area contributed by atoms with E-state index in [0.29, 0.717) is 11.4 Å². The number of nitrogens with two attached hydrogens (primary N) is 1. The molecule has 0 saturated carbocycles. The van der Waals surface area contributed by atoms with E-state index >= 15 is 0 Å². The van der Waals surface area contributed by atoms with Gasteiger partial charge in [-0.2, -0.15) is 23.0 Å². The van der Waals surface area contributed by atoms with E-state index in [9.17, 15) is 22.8 Å². The average Bonchev–Trinajstić information content (AvgIpc) is 3.24. The summed E-state index contributed by atoms with van der Waals surface area (Å²) in [6.07, 6.45) is -3.01. The van der Waals surface area contributed by atoms with Crippen molar-refractivity contribution in [3.8, 4) is 16.9 Å². The number of aromatic nitrogens is 5. The standard InChI is InChI=1S/C23H20F3N7O2/c1-13(15-8-16(23(24,25)26)11-17(27)9-15)29-22(35)19-6-7-21(34)33(30-19)18-5-3-4-14(10-18)20-12-28-31-32(20)2/h3-13H,27H2,1-2H3,(H,29,35). The number of alkyl halides is 3. The second-order valence-corrected chi connectivity index (χ2v) is 7.84. The molecule has 0 fully saturated rings. The van der Waals surface area contributed by atoms with Crippen LogP contribution in [0.25, 0.3) is 16.9 Å². The lowest BCUT2D eigenvalue weighted by Crippen LogP contribution is -2.30. The van der Waals surface area contributed by atoms with Gasteiger partial charge in [0.05, 0.1) is 29.2 Å². The van der Waals surface area contributed by atoms with E-state index in [1.165, 1.54) is 25.1 Å². The average molecular weight is 483 g/mol. The highest BCUT2D eigenvalue weighted by atomic mass is 19.4. The highest BCUT2D eigenvalue weighted by molar-refractivity contribution is 5.92. The maximum absolute atomic E-state index is 13.1. The van der Waals surface area contributed by atoms with Gasteiger partial charge in [-0.3, -0.25) is 9.59 Å². The molecule has 4 rings (SSSR count).